The van der Waals surface area contributed by atoms with Gasteiger partial charge in [0.1, 0.15) is 0 Å². The van der Waals surface area contributed by atoms with Gasteiger partial charge in [-0.05, 0) is 0 Å². The maximum absolute atomic E-state index is 12.8. The van der Waals surface area contributed by atoms with Crippen LogP contribution < -0.4 is 5.73 Å². The monoisotopic (exact) mass is 457 g/mol. The average Bonchev–Trinajstić information content (AvgIpc) is 2.68. The van der Waals surface area contributed by atoms with Crippen LogP contribution in [0.2, 0.25) is 11.8 Å². The van der Waals surface area contributed by atoms with Gasteiger partial charge in [0.05, 0.1) is 0 Å². The molecule has 25 heavy (non-hydrogen) atoms. The van der Waals surface area contributed by atoms with Crippen molar-refractivity contribution in [1.29, 1.82) is 0 Å². The fourth-order valence-corrected chi connectivity index (χ4v) is 26.1. The predicted molar refractivity (Wildman–Crippen MR) is 106 cm³/mol. The van der Waals surface area contributed by atoms with Crippen molar-refractivity contribution in [3.8, 4) is 0 Å². The molecule has 3 aliphatic carbocycles. The van der Waals surface area contributed by atoms with E-state index in [2.05, 4.69) is 0 Å². The molecule has 3 aliphatic rings. The molecule has 3 nitrogen and oxygen atoms in total. The van der Waals surface area contributed by atoms with Gasteiger partial charge in [0.15, 0.2) is 0 Å². The molecule has 4 heteroatoms. The van der Waals surface area contributed by atoms with Crippen LogP contribution in [-0.4, -0.2) is 30.8 Å². The molecule has 0 amide bonds. The van der Waals surface area contributed by atoms with Crippen molar-refractivity contribution >= 4 is 24.8 Å². The molecule has 3 fully saturated rings. The molecule has 0 aromatic heterocycles. The van der Waals surface area contributed by atoms with E-state index in [1.807, 2.05) is 6.92 Å². The summed E-state index contributed by atoms with van der Waals surface area (Å²) >= 11 is -3.14. The van der Waals surface area contributed by atoms with Crippen LogP contribution in [0.4, 0.5) is 0 Å². The average molecular weight is 456 g/mol. The van der Waals surface area contributed by atoms with Crippen LogP contribution in [0.3, 0.4) is 0 Å². The van der Waals surface area contributed by atoms with E-state index < -0.39 is 24.8 Å². The van der Waals surface area contributed by atoms with E-state index in [9.17, 15) is 4.79 Å². The zero-order valence-corrected chi connectivity index (χ0v) is 19.2. The molecule has 0 bridgehead atoms. The van der Waals surface area contributed by atoms with Gasteiger partial charge < -0.3 is 0 Å². The standard InChI is InChI=1S/3C6H11.C3H7NO2.Sn/c3*1-2-4-6-5-3-1;1-2(4)3(5)6;/h3*1H,2-6H2;2H,4H2,1H3,(H,5,6);/q;;;;+1/p-1/t;;;2-;/m...0./s1. The minimum absolute atomic E-state index is 0.0579. The molecule has 0 radical (unpaired) electrons. The fraction of sp³-hybridized carbons (Fsp3) is 0.952. The number of carbonyl (C=O) groups is 1. The van der Waals surface area contributed by atoms with Crippen LogP contribution in [0.25, 0.3) is 0 Å². The van der Waals surface area contributed by atoms with Crippen molar-refractivity contribution in [3.63, 3.8) is 0 Å². The molecule has 0 saturated heterocycles. The minimum atomic E-state index is -3.14. The summed E-state index contributed by atoms with van der Waals surface area (Å²) in [7, 11) is 0. The molecule has 144 valence electrons. The number of nitrogens with two attached hydrogens (primary N) is 1. The van der Waals surface area contributed by atoms with Gasteiger partial charge in [0.2, 0.25) is 0 Å². The second-order valence-electron chi connectivity index (χ2n) is 9.07. The Bertz CT molecular complexity index is 376. The summed E-state index contributed by atoms with van der Waals surface area (Å²) in [5, 5.41) is 0. The number of carbonyl (C=O) groups excluding carboxylic acids is 1. The van der Waals surface area contributed by atoms with Gasteiger partial charge >= 0.3 is 159 Å². The molecule has 0 unspecified atom stereocenters. The van der Waals surface area contributed by atoms with Crippen molar-refractivity contribution < 1.29 is 7.87 Å². The van der Waals surface area contributed by atoms with Crippen LogP contribution in [0, 0.1) is 0 Å². The Morgan fingerprint density at radius 2 is 1.08 bits per heavy atom. The summed E-state index contributed by atoms with van der Waals surface area (Å²) in [6.07, 6.45) is 20.4. The Morgan fingerprint density at radius 1 is 0.760 bits per heavy atom. The van der Waals surface area contributed by atoms with Gasteiger partial charge in [-0.3, -0.25) is 0 Å². The number of rotatable bonds is 5. The van der Waals surface area contributed by atoms with E-state index in [0.29, 0.717) is 0 Å². The van der Waals surface area contributed by atoms with Crippen molar-refractivity contribution in [3.05, 3.63) is 0 Å². The molecular weight excluding hydrogens is 417 g/mol. The van der Waals surface area contributed by atoms with Crippen LogP contribution in [-0.2, 0) is 7.87 Å². The normalized spacial score (nSPS) is 26.3. The van der Waals surface area contributed by atoms with E-state index in [-0.39, 0.29) is 5.97 Å². The Morgan fingerprint density at radius 3 is 1.36 bits per heavy atom. The SMILES string of the molecule is C[C@H](N)C(=O)[O][Sn]([CH]1CCCCC1)([CH]1CCCCC1)[CH]1CCCCC1. The molecule has 0 aromatic carbocycles. The number of hydrogen-bond acceptors (Lipinski definition) is 3. The zero-order chi connectivity index (χ0) is 17.7. The van der Waals surface area contributed by atoms with Crippen LogP contribution in [0.15, 0.2) is 0 Å². The zero-order valence-electron chi connectivity index (χ0n) is 16.3. The Kier molecular flexibility index (Phi) is 7.54. The van der Waals surface area contributed by atoms with Gasteiger partial charge in [0, 0.05) is 0 Å². The Balaban J connectivity index is 1.95. The molecule has 0 aliphatic heterocycles. The van der Waals surface area contributed by atoms with E-state index >= 15 is 0 Å². The number of hydrogen-bond donors (Lipinski definition) is 1. The van der Waals surface area contributed by atoms with E-state index in [1.54, 1.807) is 0 Å². The summed E-state index contributed by atoms with van der Waals surface area (Å²) in [4.78, 5) is 12.8. The van der Waals surface area contributed by atoms with Gasteiger partial charge in [-0.25, -0.2) is 0 Å². The van der Waals surface area contributed by atoms with Crippen molar-refractivity contribution in [2.24, 2.45) is 5.73 Å². The third kappa shape index (κ3) is 4.56. The summed E-state index contributed by atoms with van der Waals surface area (Å²) in [6.45, 7) is 1.82. The molecule has 2 N–H and O–H groups in total. The molecule has 3 rings (SSSR count). The Hall–Kier alpha value is 0.229. The van der Waals surface area contributed by atoms with Crippen LogP contribution in [0.5, 0.6) is 0 Å². The maximum atomic E-state index is 12.8. The first-order chi connectivity index (χ1) is 12.1. The second kappa shape index (κ2) is 9.43. The topological polar surface area (TPSA) is 52.3 Å². The van der Waals surface area contributed by atoms with Crippen molar-refractivity contribution in [2.45, 2.75) is 121 Å². The van der Waals surface area contributed by atoms with Crippen molar-refractivity contribution in [1.82, 2.24) is 0 Å². The quantitative estimate of drug-likeness (QED) is 0.530. The van der Waals surface area contributed by atoms with Gasteiger partial charge in [0.25, 0.3) is 0 Å². The van der Waals surface area contributed by atoms with Crippen molar-refractivity contribution in [2.75, 3.05) is 0 Å². The van der Waals surface area contributed by atoms with Gasteiger partial charge in [-0.15, -0.1) is 0 Å². The van der Waals surface area contributed by atoms with E-state index in [0.717, 1.165) is 11.8 Å². The fourth-order valence-electron chi connectivity index (χ4n) is 6.18. The molecule has 0 spiro atoms. The predicted octanol–water partition coefficient (Wildman–Crippen LogP) is 5.83. The molecule has 0 heterocycles. The summed E-state index contributed by atoms with van der Waals surface area (Å²) in [5.74, 6) is -0.0579. The molecule has 3 saturated carbocycles. The van der Waals surface area contributed by atoms with Crippen LogP contribution in [0.1, 0.15) is 103 Å². The summed E-state index contributed by atoms with van der Waals surface area (Å²) in [6, 6.07) is -0.452. The van der Waals surface area contributed by atoms with Gasteiger partial charge in [-0.1, -0.05) is 0 Å². The first-order valence-electron chi connectivity index (χ1n) is 11.1. The molecule has 0 aromatic rings. The second-order valence-corrected chi connectivity index (χ2v) is 21.5. The van der Waals surface area contributed by atoms with Gasteiger partial charge in [-0.2, -0.15) is 0 Å². The third-order valence-electron chi connectivity index (χ3n) is 7.38. The van der Waals surface area contributed by atoms with E-state index in [1.165, 1.54) is 96.3 Å². The van der Waals surface area contributed by atoms with Crippen LogP contribution >= 0.6 is 0 Å². The third-order valence-corrected chi connectivity index (χ3v) is 24.8. The first-order valence-corrected chi connectivity index (χ1v) is 17.2. The Labute approximate surface area is 159 Å². The first kappa shape index (κ1) is 20.0. The molecule has 1 atom stereocenters. The summed E-state index contributed by atoms with van der Waals surface area (Å²) < 4.78 is 9.09. The molecular formula is C21H39NO2Sn. The van der Waals surface area contributed by atoms with E-state index in [4.69, 9.17) is 8.81 Å². The summed E-state index contributed by atoms with van der Waals surface area (Å²) in [5.41, 5.74) is 5.99.